The molecule has 1 aromatic heterocycles. The highest BCUT2D eigenvalue weighted by atomic mass is 16.2. The van der Waals surface area contributed by atoms with Crippen LogP contribution >= 0.6 is 0 Å². The molecule has 1 N–H and O–H groups in total. The number of nitrogens with zero attached hydrogens (tertiary/aromatic N) is 3. The van der Waals surface area contributed by atoms with Crippen molar-refractivity contribution in [1.82, 2.24) is 9.55 Å². The number of unbranched alkanes of at least 4 members (excludes halogenated alkanes) is 1. The van der Waals surface area contributed by atoms with Gasteiger partial charge < -0.3 is 9.67 Å². The second kappa shape index (κ2) is 5.64. The molecule has 4 nitrogen and oxygen atoms in total. The molecule has 0 bridgehead atoms. The SMILES string of the molecule is CC(C)(C)n1c(CCCCO)nc2cc(C#N)ccc21. The van der Waals surface area contributed by atoms with Gasteiger partial charge in [-0.05, 0) is 51.8 Å². The third-order valence-electron chi connectivity index (χ3n) is 3.33. The van der Waals surface area contributed by atoms with Crippen LogP contribution in [0.25, 0.3) is 11.0 Å². The fourth-order valence-corrected chi connectivity index (χ4v) is 2.51. The van der Waals surface area contributed by atoms with Gasteiger partial charge in [-0.3, -0.25) is 0 Å². The maximum Gasteiger partial charge on any atom is 0.110 e. The number of hydrogen-bond acceptors (Lipinski definition) is 3. The second-order valence-electron chi connectivity index (χ2n) is 6.03. The van der Waals surface area contributed by atoms with Gasteiger partial charge in [0.1, 0.15) is 5.82 Å². The lowest BCUT2D eigenvalue weighted by molar-refractivity contribution is 0.283. The van der Waals surface area contributed by atoms with Crippen LogP contribution in [0.5, 0.6) is 0 Å². The molecule has 0 unspecified atom stereocenters. The molecule has 0 radical (unpaired) electrons. The summed E-state index contributed by atoms with van der Waals surface area (Å²) in [5, 5.41) is 17.9. The minimum atomic E-state index is -0.0581. The highest BCUT2D eigenvalue weighted by Gasteiger charge is 2.21. The summed E-state index contributed by atoms with van der Waals surface area (Å²) in [6.07, 6.45) is 2.55. The van der Waals surface area contributed by atoms with Crippen LogP contribution in [0.4, 0.5) is 0 Å². The summed E-state index contributed by atoms with van der Waals surface area (Å²) in [4.78, 5) is 4.69. The van der Waals surface area contributed by atoms with Crippen LogP contribution < -0.4 is 0 Å². The van der Waals surface area contributed by atoms with E-state index in [0.717, 1.165) is 36.1 Å². The Hall–Kier alpha value is -1.86. The molecule has 2 rings (SSSR count). The topological polar surface area (TPSA) is 61.8 Å². The Morgan fingerprint density at radius 1 is 1.30 bits per heavy atom. The quantitative estimate of drug-likeness (QED) is 0.870. The summed E-state index contributed by atoms with van der Waals surface area (Å²) in [7, 11) is 0. The third kappa shape index (κ3) is 2.83. The summed E-state index contributed by atoms with van der Waals surface area (Å²) in [6, 6.07) is 7.81. The van der Waals surface area contributed by atoms with Crippen molar-refractivity contribution in [2.75, 3.05) is 6.61 Å². The summed E-state index contributed by atoms with van der Waals surface area (Å²) in [6.45, 7) is 6.68. The molecule has 1 aromatic carbocycles. The van der Waals surface area contributed by atoms with Crippen molar-refractivity contribution in [1.29, 1.82) is 5.26 Å². The van der Waals surface area contributed by atoms with E-state index in [0.29, 0.717) is 5.56 Å². The predicted octanol–water partition coefficient (Wildman–Crippen LogP) is 2.98. The van der Waals surface area contributed by atoms with Gasteiger partial charge in [-0.25, -0.2) is 4.98 Å². The largest absolute Gasteiger partial charge is 0.396 e. The molecule has 2 aromatic rings. The van der Waals surface area contributed by atoms with E-state index in [1.54, 1.807) is 0 Å². The fourth-order valence-electron chi connectivity index (χ4n) is 2.51. The molecule has 0 amide bonds. The molecule has 0 aliphatic carbocycles. The standard InChI is InChI=1S/C16H21N3O/c1-16(2,3)19-14-8-7-12(11-17)10-13(14)18-15(19)6-4-5-9-20/h7-8,10,20H,4-6,9H2,1-3H3. The first-order chi connectivity index (χ1) is 9.47. The van der Waals surface area contributed by atoms with Crippen LogP contribution in [-0.4, -0.2) is 21.3 Å². The number of aliphatic hydroxyl groups excluding tert-OH is 1. The van der Waals surface area contributed by atoms with Crippen LogP contribution in [0, 0.1) is 11.3 Å². The number of rotatable bonds is 4. The van der Waals surface area contributed by atoms with Gasteiger partial charge in [-0.1, -0.05) is 0 Å². The zero-order valence-corrected chi connectivity index (χ0v) is 12.3. The molecule has 4 heteroatoms. The highest BCUT2D eigenvalue weighted by molar-refractivity contribution is 5.78. The number of hydrogen-bond donors (Lipinski definition) is 1. The van der Waals surface area contributed by atoms with E-state index < -0.39 is 0 Å². The minimum absolute atomic E-state index is 0.0581. The molecule has 106 valence electrons. The van der Waals surface area contributed by atoms with Gasteiger partial charge in [0.2, 0.25) is 0 Å². The van der Waals surface area contributed by atoms with E-state index in [4.69, 9.17) is 10.4 Å². The molecular formula is C16H21N3O. The van der Waals surface area contributed by atoms with Crippen LogP contribution in [-0.2, 0) is 12.0 Å². The molecule has 20 heavy (non-hydrogen) atoms. The van der Waals surface area contributed by atoms with Gasteiger partial charge in [0, 0.05) is 18.6 Å². The Bertz CT molecular complexity index is 644. The molecule has 0 atom stereocenters. The van der Waals surface area contributed by atoms with Gasteiger partial charge in [0.05, 0.1) is 22.7 Å². The smallest absolute Gasteiger partial charge is 0.110 e. The minimum Gasteiger partial charge on any atom is -0.396 e. The zero-order valence-electron chi connectivity index (χ0n) is 12.3. The average Bonchev–Trinajstić information content (AvgIpc) is 2.75. The number of fused-ring (bicyclic) bond motifs is 1. The van der Waals surface area contributed by atoms with Crippen LogP contribution in [0.1, 0.15) is 45.0 Å². The third-order valence-corrected chi connectivity index (χ3v) is 3.33. The van der Waals surface area contributed by atoms with E-state index in [2.05, 4.69) is 36.4 Å². The summed E-state index contributed by atoms with van der Waals surface area (Å²) in [5.74, 6) is 1.02. The average molecular weight is 271 g/mol. The monoisotopic (exact) mass is 271 g/mol. The number of imidazole rings is 1. The summed E-state index contributed by atoms with van der Waals surface area (Å²) in [5.41, 5.74) is 2.52. The highest BCUT2D eigenvalue weighted by Crippen LogP contribution is 2.26. The predicted molar refractivity (Wildman–Crippen MR) is 79.5 cm³/mol. The Balaban J connectivity index is 2.52. The van der Waals surface area contributed by atoms with Gasteiger partial charge in [-0.15, -0.1) is 0 Å². The van der Waals surface area contributed by atoms with E-state index in [1.807, 2.05) is 18.2 Å². The molecule has 0 spiro atoms. The number of aryl methyl sites for hydroxylation is 1. The second-order valence-corrected chi connectivity index (χ2v) is 6.03. The molecular weight excluding hydrogens is 250 g/mol. The molecule has 0 fully saturated rings. The first-order valence-electron chi connectivity index (χ1n) is 7.00. The number of nitriles is 1. The van der Waals surface area contributed by atoms with Crippen LogP contribution in [0.15, 0.2) is 18.2 Å². The van der Waals surface area contributed by atoms with E-state index in [1.165, 1.54) is 0 Å². The molecule has 0 saturated heterocycles. The van der Waals surface area contributed by atoms with E-state index >= 15 is 0 Å². The molecule has 0 aliphatic rings. The van der Waals surface area contributed by atoms with Gasteiger partial charge >= 0.3 is 0 Å². The van der Waals surface area contributed by atoms with E-state index in [-0.39, 0.29) is 12.1 Å². The Kier molecular flexibility index (Phi) is 4.10. The van der Waals surface area contributed by atoms with Crippen molar-refractivity contribution in [3.63, 3.8) is 0 Å². The maximum atomic E-state index is 8.99. The van der Waals surface area contributed by atoms with Crippen LogP contribution in [0.3, 0.4) is 0 Å². The maximum absolute atomic E-state index is 8.99. The Morgan fingerprint density at radius 2 is 2.05 bits per heavy atom. The molecule has 0 aliphatic heterocycles. The Labute approximate surface area is 119 Å². The van der Waals surface area contributed by atoms with Gasteiger partial charge in [0.25, 0.3) is 0 Å². The zero-order chi connectivity index (χ0) is 14.8. The first kappa shape index (κ1) is 14.5. The van der Waals surface area contributed by atoms with Gasteiger partial charge in [-0.2, -0.15) is 5.26 Å². The molecule has 0 saturated carbocycles. The van der Waals surface area contributed by atoms with Crippen LogP contribution in [0.2, 0.25) is 0 Å². The normalized spacial score (nSPS) is 11.8. The lowest BCUT2D eigenvalue weighted by Crippen LogP contribution is -2.24. The van der Waals surface area contributed by atoms with Gasteiger partial charge in [0.15, 0.2) is 0 Å². The van der Waals surface area contributed by atoms with Crippen molar-refractivity contribution in [2.24, 2.45) is 0 Å². The van der Waals surface area contributed by atoms with Crippen molar-refractivity contribution in [3.05, 3.63) is 29.6 Å². The fraction of sp³-hybridized carbons (Fsp3) is 0.500. The first-order valence-corrected chi connectivity index (χ1v) is 7.00. The summed E-state index contributed by atoms with van der Waals surface area (Å²) >= 11 is 0. The van der Waals surface area contributed by atoms with Crippen molar-refractivity contribution >= 4 is 11.0 Å². The van der Waals surface area contributed by atoms with Crippen molar-refractivity contribution < 1.29 is 5.11 Å². The lowest BCUT2D eigenvalue weighted by Gasteiger charge is -2.24. The van der Waals surface area contributed by atoms with Crippen molar-refractivity contribution in [3.8, 4) is 6.07 Å². The van der Waals surface area contributed by atoms with Crippen molar-refractivity contribution in [2.45, 2.75) is 45.6 Å². The Morgan fingerprint density at radius 3 is 2.65 bits per heavy atom. The summed E-state index contributed by atoms with van der Waals surface area (Å²) < 4.78 is 2.24. The molecule has 1 heterocycles. The lowest BCUT2D eigenvalue weighted by atomic mass is 10.1. The number of aromatic nitrogens is 2. The number of aliphatic hydroxyl groups is 1. The number of benzene rings is 1. The van der Waals surface area contributed by atoms with E-state index in [9.17, 15) is 0 Å².